The average molecular weight is 544 g/mol. The molecular weight excluding hydrogens is 511 g/mol. The van der Waals surface area contributed by atoms with Crippen molar-refractivity contribution in [1.29, 1.82) is 0 Å². The molecule has 2 amide bonds. The summed E-state index contributed by atoms with van der Waals surface area (Å²) in [6, 6.07) is 22.5. The van der Waals surface area contributed by atoms with Crippen molar-refractivity contribution in [3.8, 4) is 0 Å². The van der Waals surface area contributed by atoms with Crippen molar-refractivity contribution in [2.75, 3.05) is 5.75 Å². The number of hydrogen-bond donors (Lipinski definition) is 1. The highest BCUT2D eigenvalue weighted by Crippen LogP contribution is 2.28. The molecular formula is C29H32Cl2N2O2S. The summed E-state index contributed by atoms with van der Waals surface area (Å²) in [5, 5.41) is 3.94. The molecule has 4 nitrogen and oxygen atoms in total. The molecule has 36 heavy (non-hydrogen) atoms. The third kappa shape index (κ3) is 8.29. The number of aryl methyl sites for hydroxylation is 1. The first kappa shape index (κ1) is 28.1. The zero-order valence-electron chi connectivity index (χ0n) is 20.8. The second-order valence-corrected chi connectivity index (χ2v) is 11.0. The zero-order valence-corrected chi connectivity index (χ0v) is 23.2. The molecule has 0 aliphatic carbocycles. The minimum atomic E-state index is -0.709. The normalized spacial score (nSPS) is 11.8. The lowest BCUT2D eigenvalue weighted by Crippen LogP contribution is -2.52. The van der Waals surface area contributed by atoms with Crippen LogP contribution in [0.4, 0.5) is 0 Å². The van der Waals surface area contributed by atoms with Crippen molar-refractivity contribution in [1.82, 2.24) is 10.2 Å². The molecule has 0 bridgehead atoms. The standard InChI is InChI=1S/C29H32Cl2N2O2S/c1-20(2)32-29(35)27(18-22-8-5-4-6-9-22)33(19-24-25(30)10-7-11-26(24)31)28(34)16-17-36-23-14-12-21(3)13-15-23/h4-15,20,27H,16-19H2,1-3H3,(H,32,35)/t27-/m0/s1. The van der Waals surface area contributed by atoms with Gasteiger partial charge in [-0.05, 0) is 50.6 Å². The molecule has 0 aliphatic heterocycles. The summed E-state index contributed by atoms with van der Waals surface area (Å²) < 4.78 is 0. The smallest absolute Gasteiger partial charge is 0.243 e. The lowest BCUT2D eigenvalue weighted by atomic mass is 10.0. The maximum Gasteiger partial charge on any atom is 0.243 e. The molecule has 190 valence electrons. The lowest BCUT2D eigenvalue weighted by Gasteiger charge is -2.32. The largest absolute Gasteiger partial charge is 0.352 e. The molecule has 1 N–H and O–H groups in total. The van der Waals surface area contributed by atoms with E-state index < -0.39 is 6.04 Å². The summed E-state index contributed by atoms with van der Waals surface area (Å²) >= 11 is 14.6. The number of carbonyl (C=O) groups excluding carboxylic acids is 2. The van der Waals surface area contributed by atoms with E-state index in [2.05, 4.69) is 29.6 Å². The number of rotatable bonds is 11. The fraction of sp³-hybridized carbons (Fsp3) is 0.310. The van der Waals surface area contributed by atoms with Crippen LogP contribution in [-0.4, -0.2) is 34.6 Å². The monoisotopic (exact) mass is 542 g/mol. The van der Waals surface area contributed by atoms with Crippen LogP contribution < -0.4 is 5.32 Å². The molecule has 3 rings (SSSR count). The maximum atomic E-state index is 13.7. The minimum absolute atomic E-state index is 0.0614. The van der Waals surface area contributed by atoms with Gasteiger partial charge >= 0.3 is 0 Å². The Morgan fingerprint density at radius 3 is 2.17 bits per heavy atom. The van der Waals surface area contributed by atoms with E-state index in [9.17, 15) is 9.59 Å². The number of carbonyl (C=O) groups is 2. The maximum absolute atomic E-state index is 13.7. The highest BCUT2D eigenvalue weighted by molar-refractivity contribution is 7.99. The quantitative estimate of drug-likeness (QED) is 0.266. The van der Waals surface area contributed by atoms with Gasteiger partial charge in [-0.1, -0.05) is 77.3 Å². The van der Waals surface area contributed by atoms with E-state index in [0.717, 1.165) is 10.5 Å². The summed E-state index contributed by atoms with van der Waals surface area (Å²) in [5.74, 6) is 0.278. The van der Waals surface area contributed by atoms with Gasteiger partial charge < -0.3 is 10.2 Å². The number of benzene rings is 3. The summed E-state index contributed by atoms with van der Waals surface area (Å²) in [7, 11) is 0. The molecule has 0 aliphatic rings. The van der Waals surface area contributed by atoms with Gasteiger partial charge in [0.15, 0.2) is 0 Å². The number of hydrogen-bond acceptors (Lipinski definition) is 3. The van der Waals surface area contributed by atoms with E-state index in [0.29, 0.717) is 27.8 Å². The van der Waals surface area contributed by atoms with Crippen LogP contribution in [0.1, 0.15) is 37.0 Å². The highest BCUT2D eigenvalue weighted by Gasteiger charge is 2.31. The van der Waals surface area contributed by atoms with Gasteiger partial charge in [0, 0.05) is 51.7 Å². The Morgan fingerprint density at radius 2 is 1.56 bits per heavy atom. The van der Waals surface area contributed by atoms with Crippen LogP contribution in [-0.2, 0) is 22.6 Å². The first-order valence-corrected chi connectivity index (χ1v) is 13.7. The summed E-state index contributed by atoms with van der Waals surface area (Å²) in [6.45, 7) is 6.01. The van der Waals surface area contributed by atoms with Crippen molar-refractivity contribution in [2.24, 2.45) is 0 Å². The topological polar surface area (TPSA) is 49.4 Å². The van der Waals surface area contributed by atoms with Gasteiger partial charge in [0.25, 0.3) is 0 Å². The van der Waals surface area contributed by atoms with Gasteiger partial charge in [-0.25, -0.2) is 0 Å². The molecule has 0 saturated heterocycles. The van der Waals surface area contributed by atoms with Gasteiger partial charge in [0.05, 0.1) is 0 Å². The predicted molar refractivity (Wildman–Crippen MR) is 151 cm³/mol. The average Bonchev–Trinajstić information content (AvgIpc) is 2.84. The summed E-state index contributed by atoms with van der Waals surface area (Å²) in [4.78, 5) is 29.8. The third-order valence-corrected chi connectivity index (χ3v) is 7.42. The molecule has 0 saturated carbocycles. The molecule has 0 fully saturated rings. The van der Waals surface area contributed by atoms with Crippen LogP contribution in [0.3, 0.4) is 0 Å². The first-order chi connectivity index (χ1) is 17.2. The van der Waals surface area contributed by atoms with Crippen LogP contribution in [0, 0.1) is 6.92 Å². The molecule has 0 heterocycles. The second-order valence-electron chi connectivity index (χ2n) is 9.00. The Labute approximate surface area is 228 Å². The molecule has 0 spiro atoms. The Hall–Kier alpha value is -2.47. The Bertz CT molecular complexity index is 1130. The molecule has 0 aromatic heterocycles. The van der Waals surface area contributed by atoms with E-state index in [1.165, 1.54) is 5.56 Å². The molecule has 0 radical (unpaired) electrons. The van der Waals surface area contributed by atoms with E-state index in [-0.39, 0.29) is 30.8 Å². The van der Waals surface area contributed by atoms with Crippen molar-refractivity contribution in [3.05, 3.63) is 99.5 Å². The zero-order chi connectivity index (χ0) is 26.1. The van der Waals surface area contributed by atoms with Crippen LogP contribution >= 0.6 is 35.0 Å². The fourth-order valence-corrected chi connectivity index (χ4v) is 5.18. The third-order valence-electron chi connectivity index (χ3n) is 5.70. The van der Waals surface area contributed by atoms with Crippen molar-refractivity contribution in [2.45, 2.75) is 57.1 Å². The summed E-state index contributed by atoms with van der Waals surface area (Å²) in [6.07, 6.45) is 0.666. The van der Waals surface area contributed by atoms with Crippen LogP contribution in [0.2, 0.25) is 10.0 Å². The van der Waals surface area contributed by atoms with Crippen molar-refractivity contribution >= 4 is 46.8 Å². The van der Waals surface area contributed by atoms with Gasteiger partial charge in [0.2, 0.25) is 11.8 Å². The minimum Gasteiger partial charge on any atom is -0.352 e. The van der Waals surface area contributed by atoms with Crippen molar-refractivity contribution < 1.29 is 9.59 Å². The number of amides is 2. The van der Waals surface area contributed by atoms with Crippen LogP contribution in [0.5, 0.6) is 0 Å². The van der Waals surface area contributed by atoms with E-state index in [1.54, 1.807) is 34.9 Å². The fourth-order valence-electron chi connectivity index (χ4n) is 3.82. The second kappa shape index (κ2) is 13.7. The van der Waals surface area contributed by atoms with Gasteiger partial charge in [-0.3, -0.25) is 9.59 Å². The number of thioether (sulfide) groups is 1. The summed E-state index contributed by atoms with van der Waals surface area (Å²) in [5.41, 5.74) is 2.80. The first-order valence-electron chi connectivity index (χ1n) is 12.0. The van der Waals surface area contributed by atoms with Crippen LogP contribution in [0.25, 0.3) is 0 Å². The van der Waals surface area contributed by atoms with Gasteiger partial charge in [0.1, 0.15) is 6.04 Å². The van der Waals surface area contributed by atoms with Crippen molar-refractivity contribution in [3.63, 3.8) is 0 Å². The number of nitrogens with one attached hydrogen (secondary N) is 1. The SMILES string of the molecule is Cc1ccc(SCCC(=O)N(Cc2c(Cl)cccc2Cl)[C@@H](Cc2ccccc2)C(=O)NC(C)C)cc1. The molecule has 3 aromatic rings. The molecule has 1 atom stereocenters. The van der Waals surface area contributed by atoms with E-state index in [1.807, 2.05) is 51.1 Å². The highest BCUT2D eigenvalue weighted by atomic mass is 35.5. The van der Waals surface area contributed by atoms with Crippen LogP contribution in [0.15, 0.2) is 77.7 Å². The van der Waals surface area contributed by atoms with E-state index in [4.69, 9.17) is 23.2 Å². The Balaban J connectivity index is 1.89. The lowest BCUT2D eigenvalue weighted by molar-refractivity contribution is -0.141. The Kier molecular flexibility index (Phi) is 10.7. The Morgan fingerprint density at radius 1 is 0.917 bits per heavy atom. The molecule has 0 unspecified atom stereocenters. The van der Waals surface area contributed by atoms with Gasteiger partial charge in [-0.15, -0.1) is 11.8 Å². The van der Waals surface area contributed by atoms with E-state index >= 15 is 0 Å². The number of nitrogens with zero attached hydrogens (tertiary/aromatic N) is 1. The molecule has 3 aromatic carbocycles. The molecule has 7 heteroatoms. The number of halogens is 2. The predicted octanol–water partition coefficient (Wildman–Crippen LogP) is 6.95. The van der Waals surface area contributed by atoms with Gasteiger partial charge in [-0.2, -0.15) is 0 Å².